The molecule has 2 N–H and O–H groups in total. The van der Waals surface area contributed by atoms with E-state index in [-0.39, 0.29) is 12.5 Å². The first kappa shape index (κ1) is 14.0. The summed E-state index contributed by atoms with van der Waals surface area (Å²) in [6.45, 7) is 2.60. The Balaban J connectivity index is 2.58. The van der Waals surface area contributed by atoms with Crippen LogP contribution in [-0.2, 0) is 4.79 Å². The maximum Gasteiger partial charge on any atom is 0.304 e. The van der Waals surface area contributed by atoms with Gasteiger partial charge in [0.1, 0.15) is 0 Å². The number of aliphatic carboxylic acids is 1. The average Bonchev–Trinajstić information content (AvgIpc) is 2.29. The lowest BCUT2D eigenvalue weighted by Crippen LogP contribution is -2.24. The molecule has 0 saturated heterocycles. The smallest absolute Gasteiger partial charge is 0.304 e. The summed E-state index contributed by atoms with van der Waals surface area (Å²) in [5.74, 6) is -0.774. The molecule has 0 saturated carbocycles. The van der Waals surface area contributed by atoms with Crippen molar-refractivity contribution < 1.29 is 9.90 Å². The van der Waals surface area contributed by atoms with Gasteiger partial charge in [0, 0.05) is 17.6 Å². The van der Waals surface area contributed by atoms with Gasteiger partial charge in [-0.2, -0.15) is 0 Å². The molecule has 0 amide bonds. The van der Waals surface area contributed by atoms with Crippen molar-refractivity contribution in [2.45, 2.75) is 32.2 Å². The van der Waals surface area contributed by atoms with E-state index < -0.39 is 5.97 Å². The van der Waals surface area contributed by atoms with Crippen molar-refractivity contribution in [2.24, 2.45) is 0 Å². The van der Waals surface area contributed by atoms with E-state index in [9.17, 15) is 4.79 Å². The Morgan fingerprint density at radius 2 is 2.06 bits per heavy atom. The molecule has 4 heteroatoms. The van der Waals surface area contributed by atoms with Crippen LogP contribution in [-0.4, -0.2) is 17.6 Å². The van der Waals surface area contributed by atoms with Crippen LogP contribution in [0, 0.1) is 0 Å². The fraction of sp³-hybridized carbons (Fsp3) is 0.462. The molecule has 0 spiro atoms. The third-order valence-corrected chi connectivity index (χ3v) is 2.83. The number of benzene rings is 1. The van der Waals surface area contributed by atoms with Gasteiger partial charge in [-0.25, -0.2) is 0 Å². The standard InChI is InChI=1S/C13H18ClNO2/c1-2-3-12(15-9-8-13(16)17)10-4-6-11(14)7-5-10/h4-7,12,15H,2-3,8-9H2,1H3,(H,16,17). The van der Waals surface area contributed by atoms with Gasteiger partial charge in [-0.1, -0.05) is 37.1 Å². The van der Waals surface area contributed by atoms with E-state index in [0.717, 1.165) is 23.4 Å². The third-order valence-electron chi connectivity index (χ3n) is 2.58. The number of nitrogens with one attached hydrogen (secondary N) is 1. The summed E-state index contributed by atoms with van der Waals surface area (Å²) in [4.78, 5) is 10.5. The zero-order valence-corrected chi connectivity index (χ0v) is 10.7. The van der Waals surface area contributed by atoms with Gasteiger partial charge >= 0.3 is 5.97 Å². The number of hydrogen-bond acceptors (Lipinski definition) is 2. The highest BCUT2D eigenvalue weighted by atomic mass is 35.5. The van der Waals surface area contributed by atoms with Gasteiger partial charge in [-0.05, 0) is 24.1 Å². The molecule has 0 bridgehead atoms. The normalized spacial score (nSPS) is 12.4. The van der Waals surface area contributed by atoms with E-state index in [4.69, 9.17) is 16.7 Å². The van der Waals surface area contributed by atoms with Gasteiger partial charge in [-0.3, -0.25) is 4.79 Å². The summed E-state index contributed by atoms with van der Waals surface area (Å²) in [5.41, 5.74) is 1.15. The number of hydrogen-bond donors (Lipinski definition) is 2. The molecule has 1 unspecified atom stereocenters. The molecule has 3 nitrogen and oxygen atoms in total. The van der Waals surface area contributed by atoms with Crippen molar-refractivity contribution in [3.05, 3.63) is 34.9 Å². The predicted octanol–water partition coefficient (Wildman–Crippen LogP) is 3.25. The molecule has 1 aromatic carbocycles. The zero-order chi connectivity index (χ0) is 12.7. The molecule has 0 aliphatic carbocycles. The number of carbonyl (C=O) groups is 1. The van der Waals surface area contributed by atoms with E-state index >= 15 is 0 Å². The van der Waals surface area contributed by atoms with E-state index in [1.54, 1.807) is 0 Å². The number of rotatable bonds is 7. The third kappa shape index (κ3) is 5.20. The second-order valence-electron chi connectivity index (χ2n) is 3.99. The van der Waals surface area contributed by atoms with E-state index in [1.165, 1.54) is 0 Å². The second kappa shape index (κ2) is 7.30. The monoisotopic (exact) mass is 255 g/mol. The van der Waals surface area contributed by atoms with Crippen LogP contribution >= 0.6 is 11.6 Å². The van der Waals surface area contributed by atoms with Gasteiger partial charge in [-0.15, -0.1) is 0 Å². The average molecular weight is 256 g/mol. The van der Waals surface area contributed by atoms with Crippen molar-refractivity contribution in [1.82, 2.24) is 5.32 Å². The van der Waals surface area contributed by atoms with Crippen LogP contribution in [0.15, 0.2) is 24.3 Å². The quantitative estimate of drug-likeness (QED) is 0.786. The molecular formula is C13H18ClNO2. The van der Waals surface area contributed by atoms with Crippen LogP contribution in [0.4, 0.5) is 0 Å². The van der Waals surface area contributed by atoms with Crippen LogP contribution < -0.4 is 5.32 Å². The number of halogens is 1. The molecule has 0 fully saturated rings. The van der Waals surface area contributed by atoms with Crippen LogP contribution in [0.3, 0.4) is 0 Å². The first-order chi connectivity index (χ1) is 8.13. The molecule has 17 heavy (non-hydrogen) atoms. The highest BCUT2D eigenvalue weighted by molar-refractivity contribution is 6.30. The summed E-state index contributed by atoms with van der Waals surface area (Å²) in [7, 11) is 0. The first-order valence-corrected chi connectivity index (χ1v) is 6.22. The lowest BCUT2D eigenvalue weighted by molar-refractivity contribution is -0.136. The highest BCUT2D eigenvalue weighted by Crippen LogP contribution is 2.20. The second-order valence-corrected chi connectivity index (χ2v) is 4.43. The van der Waals surface area contributed by atoms with Gasteiger partial charge in [0.25, 0.3) is 0 Å². The Labute approximate surface area is 107 Å². The molecule has 1 atom stereocenters. The maximum absolute atomic E-state index is 10.5. The summed E-state index contributed by atoms with van der Waals surface area (Å²) >= 11 is 5.84. The number of carboxylic acids is 1. The SMILES string of the molecule is CCCC(NCCC(=O)O)c1ccc(Cl)cc1. The van der Waals surface area contributed by atoms with Crippen molar-refractivity contribution in [1.29, 1.82) is 0 Å². The molecule has 0 heterocycles. The Hall–Kier alpha value is -1.06. The van der Waals surface area contributed by atoms with Crippen LogP contribution in [0.25, 0.3) is 0 Å². The summed E-state index contributed by atoms with van der Waals surface area (Å²) in [6, 6.07) is 7.89. The molecule has 0 aromatic heterocycles. The van der Waals surface area contributed by atoms with Crippen LogP contribution in [0.2, 0.25) is 5.02 Å². The molecule has 0 aliphatic rings. The molecule has 0 aliphatic heterocycles. The Morgan fingerprint density at radius 3 is 2.59 bits per heavy atom. The minimum atomic E-state index is -0.774. The van der Waals surface area contributed by atoms with Crippen LogP contribution in [0.5, 0.6) is 0 Å². The largest absolute Gasteiger partial charge is 0.481 e. The summed E-state index contributed by atoms with van der Waals surface area (Å²) in [5, 5.41) is 12.6. The van der Waals surface area contributed by atoms with Crippen molar-refractivity contribution in [3.8, 4) is 0 Å². The van der Waals surface area contributed by atoms with E-state index in [0.29, 0.717) is 6.54 Å². The Bertz CT molecular complexity index is 351. The molecule has 94 valence electrons. The van der Waals surface area contributed by atoms with Gasteiger partial charge in [0.15, 0.2) is 0 Å². The van der Waals surface area contributed by atoms with Crippen molar-refractivity contribution >= 4 is 17.6 Å². The number of carboxylic acid groups (broad SMARTS) is 1. The first-order valence-electron chi connectivity index (χ1n) is 5.84. The van der Waals surface area contributed by atoms with Crippen molar-refractivity contribution in [2.75, 3.05) is 6.54 Å². The fourth-order valence-electron chi connectivity index (χ4n) is 1.72. The topological polar surface area (TPSA) is 49.3 Å². The summed E-state index contributed by atoms with van der Waals surface area (Å²) in [6.07, 6.45) is 2.18. The Morgan fingerprint density at radius 1 is 1.41 bits per heavy atom. The summed E-state index contributed by atoms with van der Waals surface area (Å²) < 4.78 is 0. The zero-order valence-electron chi connectivity index (χ0n) is 9.95. The molecule has 1 rings (SSSR count). The lowest BCUT2D eigenvalue weighted by atomic mass is 10.0. The lowest BCUT2D eigenvalue weighted by Gasteiger charge is -2.18. The predicted molar refractivity (Wildman–Crippen MR) is 69.4 cm³/mol. The Kier molecular flexibility index (Phi) is 6.01. The van der Waals surface area contributed by atoms with Gasteiger partial charge in [0.2, 0.25) is 0 Å². The van der Waals surface area contributed by atoms with E-state index in [1.807, 2.05) is 24.3 Å². The van der Waals surface area contributed by atoms with E-state index in [2.05, 4.69) is 12.2 Å². The highest BCUT2D eigenvalue weighted by Gasteiger charge is 2.10. The maximum atomic E-state index is 10.5. The van der Waals surface area contributed by atoms with Crippen molar-refractivity contribution in [3.63, 3.8) is 0 Å². The van der Waals surface area contributed by atoms with Gasteiger partial charge in [0.05, 0.1) is 6.42 Å². The van der Waals surface area contributed by atoms with Crippen LogP contribution in [0.1, 0.15) is 37.8 Å². The van der Waals surface area contributed by atoms with Gasteiger partial charge < -0.3 is 10.4 Å². The minimum Gasteiger partial charge on any atom is -0.481 e. The molecule has 0 radical (unpaired) electrons. The fourth-order valence-corrected chi connectivity index (χ4v) is 1.85. The minimum absolute atomic E-state index is 0.147. The molecular weight excluding hydrogens is 238 g/mol. The molecule has 1 aromatic rings.